The molecule has 0 saturated carbocycles. The quantitative estimate of drug-likeness (QED) is 0.376. The zero-order valence-corrected chi connectivity index (χ0v) is 20.9. The van der Waals surface area contributed by atoms with E-state index in [2.05, 4.69) is 38.1 Å². The smallest absolute Gasteiger partial charge is 0.141 e. The van der Waals surface area contributed by atoms with E-state index >= 15 is 0 Å². The standard InChI is InChI=1S/C27H33FN7O/c1-4-22(35-16-20(14-32-35)26-25-5-8-29-27(25)31-18-30-26)17-34-9-6-23(7-10-34)36-24-12-19(15-33(2)3)11-21(28)13-24/h5,8,11-14,16,18,22-23H,1,4,6-7,9-10,15,17H2,2-3H3,(H,29,30,31)/t22-/m1/s1. The maximum Gasteiger partial charge on any atom is 0.141 e. The van der Waals surface area contributed by atoms with Crippen molar-refractivity contribution in [2.75, 3.05) is 33.7 Å². The number of hydrogen-bond acceptors (Lipinski definition) is 6. The van der Waals surface area contributed by atoms with Crippen LogP contribution in [0.25, 0.3) is 22.3 Å². The molecule has 0 spiro atoms. The maximum absolute atomic E-state index is 14.1. The highest BCUT2D eigenvalue weighted by Gasteiger charge is 2.24. The number of piperidine rings is 1. The summed E-state index contributed by atoms with van der Waals surface area (Å²) in [6, 6.07) is 7.15. The summed E-state index contributed by atoms with van der Waals surface area (Å²) < 4.78 is 22.3. The van der Waals surface area contributed by atoms with Gasteiger partial charge in [0.2, 0.25) is 0 Å². The number of hydrogen-bond donors (Lipinski definition) is 1. The number of likely N-dealkylation sites (tertiary alicyclic amines) is 1. The van der Waals surface area contributed by atoms with Crippen LogP contribution in [0.4, 0.5) is 4.39 Å². The van der Waals surface area contributed by atoms with Crippen LogP contribution in [0.3, 0.4) is 0 Å². The molecule has 5 rings (SSSR count). The molecular weight excluding hydrogens is 457 g/mol. The van der Waals surface area contributed by atoms with E-state index in [1.54, 1.807) is 12.4 Å². The molecule has 189 valence electrons. The van der Waals surface area contributed by atoms with E-state index in [0.717, 1.165) is 66.8 Å². The second kappa shape index (κ2) is 10.8. The molecule has 0 bridgehead atoms. The van der Waals surface area contributed by atoms with Gasteiger partial charge in [-0.2, -0.15) is 5.10 Å². The van der Waals surface area contributed by atoms with Gasteiger partial charge in [-0.3, -0.25) is 4.68 Å². The fourth-order valence-corrected chi connectivity index (χ4v) is 4.92. The van der Waals surface area contributed by atoms with E-state index in [0.29, 0.717) is 12.3 Å². The highest BCUT2D eigenvalue weighted by Crippen LogP contribution is 2.27. The molecule has 1 saturated heterocycles. The molecule has 9 heteroatoms. The van der Waals surface area contributed by atoms with Gasteiger partial charge in [0, 0.05) is 55.6 Å². The van der Waals surface area contributed by atoms with Crippen LogP contribution in [0.15, 0.2) is 49.2 Å². The number of aromatic nitrogens is 5. The lowest BCUT2D eigenvalue weighted by atomic mass is 10.1. The fraction of sp³-hybridized carbons (Fsp3) is 0.407. The molecule has 1 radical (unpaired) electrons. The Morgan fingerprint density at radius 2 is 2.06 bits per heavy atom. The first-order valence-corrected chi connectivity index (χ1v) is 12.4. The number of halogens is 1. The molecule has 4 aromatic rings. The summed E-state index contributed by atoms with van der Waals surface area (Å²) in [6.45, 7) is 7.57. The van der Waals surface area contributed by atoms with Gasteiger partial charge in [0.15, 0.2) is 0 Å². The largest absolute Gasteiger partial charge is 0.490 e. The van der Waals surface area contributed by atoms with E-state index < -0.39 is 0 Å². The Kier molecular flexibility index (Phi) is 7.29. The Morgan fingerprint density at radius 3 is 2.83 bits per heavy atom. The Morgan fingerprint density at radius 1 is 1.22 bits per heavy atom. The van der Waals surface area contributed by atoms with Crippen LogP contribution in [0.2, 0.25) is 0 Å². The highest BCUT2D eigenvalue weighted by molar-refractivity contribution is 5.89. The van der Waals surface area contributed by atoms with Crippen molar-refractivity contribution < 1.29 is 9.13 Å². The van der Waals surface area contributed by atoms with E-state index in [4.69, 9.17) is 4.74 Å². The van der Waals surface area contributed by atoms with Crippen LogP contribution in [0.5, 0.6) is 5.75 Å². The average molecular weight is 491 g/mol. The van der Waals surface area contributed by atoms with Crippen molar-refractivity contribution in [3.63, 3.8) is 0 Å². The van der Waals surface area contributed by atoms with Gasteiger partial charge in [-0.1, -0.05) is 6.92 Å². The number of fused-ring (bicyclic) bond motifs is 1. The summed E-state index contributed by atoms with van der Waals surface area (Å²) in [6.07, 6.45) is 9.99. The second-order valence-corrected chi connectivity index (χ2v) is 9.76. The monoisotopic (exact) mass is 490 g/mol. The number of nitrogens with zero attached hydrogens (tertiary/aromatic N) is 6. The van der Waals surface area contributed by atoms with Crippen molar-refractivity contribution in [2.24, 2.45) is 0 Å². The SMILES string of the molecule is [CH2]C[C@H](CN1CCC(Oc2cc(F)cc(CN(C)C)c2)CC1)n1cc(-c2ncnc3[nH]ccc23)cn1. The lowest BCUT2D eigenvalue weighted by Gasteiger charge is -2.34. The predicted octanol–water partition coefficient (Wildman–Crippen LogP) is 4.33. The summed E-state index contributed by atoms with van der Waals surface area (Å²) in [5.41, 5.74) is 3.58. The van der Waals surface area contributed by atoms with Gasteiger partial charge < -0.3 is 19.5 Å². The highest BCUT2D eigenvalue weighted by atomic mass is 19.1. The third kappa shape index (κ3) is 5.57. The van der Waals surface area contributed by atoms with E-state index in [-0.39, 0.29) is 18.0 Å². The van der Waals surface area contributed by atoms with Gasteiger partial charge in [0.1, 0.15) is 29.6 Å². The van der Waals surface area contributed by atoms with Crippen LogP contribution in [0, 0.1) is 12.7 Å². The van der Waals surface area contributed by atoms with Crippen molar-refractivity contribution >= 4 is 11.0 Å². The summed E-state index contributed by atoms with van der Waals surface area (Å²) in [5.74, 6) is 0.365. The van der Waals surface area contributed by atoms with Crippen LogP contribution < -0.4 is 4.74 Å². The van der Waals surface area contributed by atoms with Gasteiger partial charge in [-0.05, 0) is 57.1 Å². The number of ether oxygens (including phenoxy) is 1. The van der Waals surface area contributed by atoms with E-state index in [1.807, 2.05) is 48.2 Å². The number of benzene rings is 1. The summed E-state index contributed by atoms with van der Waals surface area (Å²) in [5, 5.41) is 5.63. The third-order valence-corrected chi connectivity index (χ3v) is 6.67. The van der Waals surface area contributed by atoms with Crippen molar-refractivity contribution in [2.45, 2.75) is 38.0 Å². The van der Waals surface area contributed by atoms with Crippen LogP contribution in [-0.2, 0) is 6.54 Å². The number of aromatic amines is 1. The first-order valence-electron chi connectivity index (χ1n) is 12.4. The zero-order chi connectivity index (χ0) is 25.1. The number of H-pyrrole nitrogens is 1. The number of nitrogens with one attached hydrogen (secondary N) is 1. The molecule has 0 unspecified atom stereocenters. The molecule has 4 heterocycles. The number of rotatable bonds is 9. The summed E-state index contributed by atoms with van der Waals surface area (Å²) in [7, 11) is 3.95. The van der Waals surface area contributed by atoms with E-state index in [9.17, 15) is 4.39 Å². The molecule has 8 nitrogen and oxygen atoms in total. The Bertz CT molecular complexity index is 1290. The molecule has 1 aromatic carbocycles. The molecule has 3 aromatic heterocycles. The summed E-state index contributed by atoms with van der Waals surface area (Å²) >= 11 is 0. The lowest BCUT2D eigenvalue weighted by Crippen LogP contribution is -2.41. The molecular formula is C27H33FN7O. The topological polar surface area (TPSA) is 75.1 Å². The molecule has 0 amide bonds. The van der Waals surface area contributed by atoms with Crippen LogP contribution >= 0.6 is 0 Å². The van der Waals surface area contributed by atoms with Crippen molar-refractivity contribution in [3.8, 4) is 17.0 Å². The first kappa shape index (κ1) is 24.4. The third-order valence-electron chi connectivity index (χ3n) is 6.67. The van der Waals surface area contributed by atoms with E-state index in [1.165, 1.54) is 6.07 Å². The normalized spacial score (nSPS) is 16.1. The molecule has 1 aliphatic rings. The first-order chi connectivity index (χ1) is 17.5. The minimum absolute atomic E-state index is 0.0892. The molecule has 1 fully saturated rings. The molecule has 1 aliphatic heterocycles. The molecule has 0 aliphatic carbocycles. The maximum atomic E-state index is 14.1. The Balaban J connectivity index is 1.18. The Hall–Kier alpha value is -3.30. The molecule has 36 heavy (non-hydrogen) atoms. The van der Waals surface area contributed by atoms with Crippen molar-refractivity contribution in [3.05, 3.63) is 67.5 Å². The fourth-order valence-electron chi connectivity index (χ4n) is 4.92. The lowest BCUT2D eigenvalue weighted by molar-refractivity contribution is 0.0906. The minimum atomic E-state index is -0.252. The average Bonchev–Trinajstić information content (AvgIpc) is 3.53. The van der Waals surface area contributed by atoms with Gasteiger partial charge in [0.25, 0.3) is 0 Å². The van der Waals surface area contributed by atoms with Crippen molar-refractivity contribution in [1.29, 1.82) is 0 Å². The zero-order valence-electron chi connectivity index (χ0n) is 20.9. The molecule has 1 N–H and O–H groups in total. The second-order valence-electron chi connectivity index (χ2n) is 9.76. The van der Waals surface area contributed by atoms with Gasteiger partial charge in [0.05, 0.1) is 17.9 Å². The molecule has 1 atom stereocenters. The summed E-state index contributed by atoms with van der Waals surface area (Å²) in [4.78, 5) is 16.3. The Labute approximate surface area is 211 Å². The van der Waals surface area contributed by atoms with Crippen LogP contribution in [0.1, 0.15) is 30.9 Å². The predicted molar refractivity (Wildman–Crippen MR) is 138 cm³/mol. The van der Waals surface area contributed by atoms with Crippen LogP contribution in [-0.4, -0.2) is 74.4 Å². The van der Waals surface area contributed by atoms with Gasteiger partial charge in [-0.15, -0.1) is 0 Å². The van der Waals surface area contributed by atoms with Gasteiger partial charge in [-0.25, -0.2) is 14.4 Å². The van der Waals surface area contributed by atoms with Gasteiger partial charge >= 0.3 is 0 Å². The van der Waals surface area contributed by atoms with Crippen molar-refractivity contribution in [1.82, 2.24) is 34.5 Å². The minimum Gasteiger partial charge on any atom is -0.490 e.